The molecule has 1 heterocycles. The fraction of sp³-hybridized carbons (Fsp3) is 0.615. The number of ether oxygens (including phenoxy) is 2. The Morgan fingerprint density at radius 3 is 3.00 bits per heavy atom. The van der Waals surface area contributed by atoms with Gasteiger partial charge in [0.25, 0.3) is 0 Å². The van der Waals surface area contributed by atoms with Gasteiger partial charge in [0.2, 0.25) is 0 Å². The number of hydrogen-bond acceptors (Lipinski definition) is 4. The zero-order chi connectivity index (χ0) is 12.5. The highest BCUT2D eigenvalue weighted by atomic mass is 32.1. The van der Waals surface area contributed by atoms with Gasteiger partial charge in [0, 0.05) is 19.6 Å². The van der Waals surface area contributed by atoms with Crippen LogP contribution in [0, 0.1) is 0 Å². The van der Waals surface area contributed by atoms with E-state index in [1.807, 2.05) is 31.4 Å². The maximum absolute atomic E-state index is 11.7. The van der Waals surface area contributed by atoms with E-state index < -0.39 is 0 Å². The van der Waals surface area contributed by atoms with Crippen molar-refractivity contribution in [3.8, 4) is 0 Å². The van der Waals surface area contributed by atoms with E-state index in [4.69, 9.17) is 9.47 Å². The lowest BCUT2D eigenvalue weighted by Crippen LogP contribution is -2.17. The van der Waals surface area contributed by atoms with Crippen LogP contribution in [0.25, 0.3) is 0 Å². The van der Waals surface area contributed by atoms with Gasteiger partial charge in [0.05, 0.1) is 17.6 Å². The van der Waals surface area contributed by atoms with Gasteiger partial charge in [-0.25, -0.2) is 0 Å². The molecule has 96 valence electrons. The van der Waals surface area contributed by atoms with Crippen molar-refractivity contribution in [3.05, 3.63) is 22.4 Å². The molecule has 0 spiro atoms. The molecule has 1 unspecified atom stereocenters. The third-order valence-electron chi connectivity index (χ3n) is 2.30. The molecule has 0 aliphatic heterocycles. The van der Waals surface area contributed by atoms with Gasteiger partial charge in [-0.2, -0.15) is 0 Å². The van der Waals surface area contributed by atoms with E-state index in [0.717, 1.165) is 11.3 Å². The first-order chi connectivity index (χ1) is 8.24. The van der Waals surface area contributed by atoms with Crippen molar-refractivity contribution < 1.29 is 14.3 Å². The van der Waals surface area contributed by atoms with Crippen LogP contribution in [-0.2, 0) is 9.47 Å². The summed E-state index contributed by atoms with van der Waals surface area (Å²) in [5.41, 5.74) is 0. The molecule has 1 rings (SSSR count). The molecule has 1 aromatic rings. The van der Waals surface area contributed by atoms with Crippen molar-refractivity contribution >= 4 is 17.1 Å². The predicted molar refractivity (Wildman–Crippen MR) is 69.8 cm³/mol. The zero-order valence-electron chi connectivity index (χ0n) is 10.5. The molecular weight excluding hydrogens is 236 g/mol. The lowest BCUT2D eigenvalue weighted by Gasteiger charge is -2.12. The van der Waals surface area contributed by atoms with Gasteiger partial charge in [-0.05, 0) is 31.7 Å². The first-order valence-electron chi connectivity index (χ1n) is 6.00. The van der Waals surface area contributed by atoms with E-state index in [9.17, 15) is 4.79 Å². The standard InChI is InChI=1S/C13H20O3S/c1-3-15-10-11(2)16-8-4-6-12(14)13-7-5-9-17-13/h5,7,9,11H,3-4,6,8,10H2,1-2H3. The molecule has 1 aromatic heterocycles. The van der Waals surface area contributed by atoms with Crippen LogP contribution in [0.5, 0.6) is 0 Å². The van der Waals surface area contributed by atoms with Crippen LogP contribution in [-0.4, -0.2) is 31.7 Å². The summed E-state index contributed by atoms with van der Waals surface area (Å²) in [6.07, 6.45) is 1.43. The van der Waals surface area contributed by atoms with Gasteiger partial charge in [0.1, 0.15) is 0 Å². The largest absolute Gasteiger partial charge is 0.379 e. The monoisotopic (exact) mass is 256 g/mol. The van der Waals surface area contributed by atoms with E-state index in [-0.39, 0.29) is 11.9 Å². The first kappa shape index (κ1) is 14.4. The summed E-state index contributed by atoms with van der Waals surface area (Å²) < 4.78 is 10.8. The molecule has 17 heavy (non-hydrogen) atoms. The third-order valence-corrected chi connectivity index (χ3v) is 3.21. The van der Waals surface area contributed by atoms with Gasteiger partial charge in [-0.15, -0.1) is 11.3 Å². The number of thiophene rings is 1. The van der Waals surface area contributed by atoms with Crippen LogP contribution in [0.4, 0.5) is 0 Å². The Hall–Kier alpha value is -0.710. The molecule has 0 fully saturated rings. The highest BCUT2D eigenvalue weighted by Gasteiger charge is 2.07. The molecule has 0 aliphatic rings. The van der Waals surface area contributed by atoms with E-state index in [1.54, 1.807) is 0 Å². The van der Waals surface area contributed by atoms with E-state index in [0.29, 0.717) is 26.2 Å². The molecule has 0 aromatic carbocycles. The second-order valence-corrected chi connectivity index (χ2v) is 4.79. The maximum atomic E-state index is 11.7. The normalized spacial score (nSPS) is 12.6. The van der Waals surface area contributed by atoms with Crippen molar-refractivity contribution in [3.63, 3.8) is 0 Å². The Balaban J connectivity index is 2.06. The fourth-order valence-corrected chi connectivity index (χ4v) is 2.10. The second kappa shape index (κ2) is 8.39. The molecule has 0 amide bonds. The number of hydrogen-bond donors (Lipinski definition) is 0. The Kier molecular flexibility index (Phi) is 7.08. The minimum atomic E-state index is 0.104. The van der Waals surface area contributed by atoms with Crippen molar-refractivity contribution in [2.75, 3.05) is 19.8 Å². The van der Waals surface area contributed by atoms with Crippen molar-refractivity contribution in [2.24, 2.45) is 0 Å². The number of rotatable bonds is 9. The number of Topliss-reactive ketones (excluding diaryl/α,β-unsaturated/α-hetero) is 1. The number of ketones is 1. The quantitative estimate of drug-likeness (QED) is 0.503. The maximum Gasteiger partial charge on any atom is 0.172 e. The SMILES string of the molecule is CCOCC(C)OCCCC(=O)c1cccs1. The average Bonchev–Trinajstić information content (AvgIpc) is 2.85. The minimum Gasteiger partial charge on any atom is -0.379 e. The van der Waals surface area contributed by atoms with Gasteiger partial charge in [-0.1, -0.05) is 6.07 Å². The summed E-state index contributed by atoms with van der Waals surface area (Å²) in [5, 5.41) is 1.92. The van der Waals surface area contributed by atoms with Crippen molar-refractivity contribution in [2.45, 2.75) is 32.8 Å². The van der Waals surface area contributed by atoms with E-state index in [1.165, 1.54) is 11.3 Å². The Bertz CT molecular complexity index is 308. The van der Waals surface area contributed by atoms with Crippen LogP contribution in [0.2, 0.25) is 0 Å². The molecule has 3 nitrogen and oxygen atoms in total. The number of carbonyl (C=O) groups excluding carboxylic acids is 1. The molecule has 0 saturated carbocycles. The Morgan fingerprint density at radius 2 is 2.35 bits per heavy atom. The Morgan fingerprint density at radius 1 is 1.53 bits per heavy atom. The highest BCUT2D eigenvalue weighted by molar-refractivity contribution is 7.12. The van der Waals surface area contributed by atoms with Crippen LogP contribution in [0.1, 0.15) is 36.4 Å². The molecular formula is C13H20O3S. The number of carbonyl (C=O) groups is 1. The first-order valence-corrected chi connectivity index (χ1v) is 6.88. The van der Waals surface area contributed by atoms with Gasteiger partial charge in [0.15, 0.2) is 5.78 Å². The van der Waals surface area contributed by atoms with E-state index in [2.05, 4.69) is 0 Å². The summed E-state index contributed by atoms with van der Waals surface area (Å²) in [7, 11) is 0. The molecule has 0 bridgehead atoms. The molecule has 0 N–H and O–H groups in total. The molecule has 4 heteroatoms. The topological polar surface area (TPSA) is 35.5 Å². The lowest BCUT2D eigenvalue weighted by molar-refractivity contribution is -0.00421. The summed E-state index contributed by atoms with van der Waals surface area (Å²) in [4.78, 5) is 12.5. The summed E-state index contributed by atoms with van der Waals surface area (Å²) in [6, 6.07) is 3.77. The van der Waals surface area contributed by atoms with Gasteiger partial charge >= 0.3 is 0 Å². The third kappa shape index (κ3) is 5.96. The van der Waals surface area contributed by atoms with E-state index >= 15 is 0 Å². The lowest BCUT2D eigenvalue weighted by atomic mass is 10.2. The predicted octanol–water partition coefficient (Wildman–Crippen LogP) is 3.15. The summed E-state index contributed by atoms with van der Waals surface area (Å²) in [6.45, 7) is 5.90. The highest BCUT2D eigenvalue weighted by Crippen LogP contribution is 2.12. The summed E-state index contributed by atoms with van der Waals surface area (Å²) in [5.74, 6) is 0.209. The van der Waals surface area contributed by atoms with Crippen molar-refractivity contribution in [1.29, 1.82) is 0 Å². The van der Waals surface area contributed by atoms with Crippen LogP contribution in [0.15, 0.2) is 17.5 Å². The minimum absolute atomic E-state index is 0.104. The van der Waals surface area contributed by atoms with Crippen LogP contribution >= 0.6 is 11.3 Å². The van der Waals surface area contributed by atoms with Gasteiger partial charge in [-0.3, -0.25) is 4.79 Å². The second-order valence-electron chi connectivity index (χ2n) is 3.84. The average molecular weight is 256 g/mol. The summed E-state index contributed by atoms with van der Waals surface area (Å²) >= 11 is 1.50. The molecule has 0 aliphatic carbocycles. The molecule has 0 radical (unpaired) electrons. The fourth-order valence-electron chi connectivity index (χ4n) is 1.41. The van der Waals surface area contributed by atoms with Crippen molar-refractivity contribution in [1.82, 2.24) is 0 Å². The zero-order valence-corrected chi connectivity index (χ0v) is 11.3. The Labute approximate surface area is 107 Å². The smallest absolute Gasteiger partial charge is 0.172 e. The van der Waals surface area contributed by atoms with Gasteiger partial charge < -0.3 is 9.47 Å². The van der Waals surface area contributed by atoms with Crippen LogP contribution in [0.3, 0.4) is 0 Å². The molecule has 0 saturated heterocycles. The van der Waals surface area contributed by atoms with Crippen LogP contribution < -0.4 is 0 Å². The molecule has 1 atom stereocenters.